The van der Waals surface area contributed by atoms with Crippen LogP contribution in [0.1, 0.15) is 35.4 Å². The van der Waals surface area contributed by atoms with Gasteiger partial charge in [0.05, 0.1) is 11.0 Å². The highest BCUT2D eigenvalue weighted by molar-refractivity contribution is 7.20. The summed E-state index contributed by atoms with van der Waals surface area (Å²) >= 11 is 1.36. The molecule has 1 aliphatic rings. The Morgan fingerprint density at radius 1 is 1.33 bits per heavy atom. The van der Waals surface area contributed by atoms with E-state index in [0.29, 0.717) is 11.4 Å². The number of aliphatic hydroxyl groups is 1. The summed E-state index contributed by atoms with van der Waals surface area (Å²) < 4.78 is 14.1. The maximum absolute atomic E-state index is 13.2. The predicted molar refractivity (Wildman–Crippen MR) is 82.1 cm³/mol. The highest BCUT2D eigenvalue weighted by Gasteiger charge is 2.23. The summed E-state index contributed by atoms with van der Waals surface area (Å²) in [5.74, 6) is -0.290. The number of carbonyl (C=O) groups excluding carboxylic acids is 1. The van der Waals surface area contributed by atoms with E-state index >= 15 is 0 Å². The van der Waals surface area contributed by atoms with Gasteiger partial charge in [0.2, 0.25) is 0 Å². The van der Waals surface area contributed by atoms with Gasteiger partial charge in [-0.1, -0.05) is 12.8 Å². The van der Waals surface area contributed by atoms with E-state index in [1.807, 2.05) is 0 Å². The Balaban J connectivity index is 1.66. The van der Waals surface area contributed by atoms with Gasteiger partial charge in [-0.15, -0.1) is 11.3 Å². The number of halogens is 1. The number of hydrogen-bond acceptors (Lipinski definition) is 3. The molecule has 2 N–H and O–H groups in total. The normalized spacial score (nSPS) is 22.4. The molecule has 3 nitrogen and oxygen atoms in total. The molecule has 1 aromatic heterocycles. The van der Waals surface area contributed by atoms with E-state index in [9.17, 15) is 14.3 Å². The van der Waals surface area contributed by atoms with Gasteiger partial charge in [0.1, 0.15) is 5.82 Å². The lowest BCUT2D eigenvalue weighted by molar-refractivity contribution is 0.0664. The minimum absolute atomic E-state index is 0.144. The van der Waals surface area contributed by atoms with Crippen LogP contribution < -0.4 is 5.32 Å². The fraction of sp³-hybridized carbons (Fsp3) is 0.438. The summed E-state index contributed by atoms with van der Waals surface area (Å²) in [5, 5.41) is 13.6. The van der Waals surface area contributed by atoms with Crippen LogP contribution in [0.2, 0.25) is 0 Å². The summed E-state index contributed by atoms with van der Waals surface area (Å²) in [6, 6.07) is 6.25. The summed E-state index contributed by atoms with van der Waals surface area (Å²) in [7, 11) is 0. The molecule has 3 rings (SSSR count). The first-order valence-corrected chi connectivity index (χ1v) is 8.10. The van der Waals surface area contributed by atoms with Gasteiger partial charge in [-0.3, -0.25) is 4.79 Å². The first-order valence-electron chi connectivity index (χ1n) is 7.29. The smallest absolute Gasteiger partial charge is 0.261 e. The molecule has 0 bridgehead atoms. The second-order valence-electron chi connectivity index (χ2n) is 5.61. The van der Waals surface area contributed by atoms with Crippen LogP contribution in [0.3, 0.4) is 0 Å². The highest BCUT2D eigenvalue weighted by Crippen LogP contribution is 2.27. The summed E-state index contributed by atoms with van der Waals surface area (Å²) in [5.41, 5.74) is 0. The Labute approximate surface area is 126 Å². The van der Waals surface area contributed by atoms with Crippen LogP contribution in [-0.2, 0) is 0 Å². The maximum Gasteiger partial charge on any atom is 0.261 e. The molecule has 0 radical (unpaired) electrons. The van der Waals surface area contributed by atoms with Crippen molar-refractivity contribution in [2.45, 2.75) is 31.8 Å². The van der Waals surface area contributed by atoms with Gasteiger partial charge >= 0.3 is 0 Å². The van der Waals surface area contributed by atoms with E-state index in [2.05, 4.69) is 5.32 Å². The average molecular weight is 307 g/mol. The lowest BCUT2D eigenvalue weighted by atomic mass is 9.86. The quantitative estimate of drug-likeness (QED) is 0.914. The standard InChI is InChI=1S/C16H18FNO2S/c17-12-5-6-14-11(7-12)8-15(21-14)16(20)18-9-10-3-1-2-4-13(10)19/h5-8,10,13,19H,1-4,9H2,(H,18,20). The Bertz CT molecular complexity index is 655. The fourth-order valence-electron chi connectivity index (χ4n) is 2.86. The molecule has 21 heavy (non-hydrogen) atoms. The third kappa shape index (κ3) is 3.24. The fourth-order valence-corrected chi connectivity index (χ4v) is 3.82. The molecule has 1 amide bonds. The van der Waals surface area contributed by atoms with Crippen molar-refractivity contribution in [3.63, 3.8) is 0 Å². The molecule has 1 fully saturated rings. The topological polar surface area (TPSA) is 49.3 Å². The summed E-state index contributed by atoms with van der Waals surface area (Å²) in [6.45, 7) is 0.503. The van der Waals surface area contributed by atoms with Crippen LogP contribution in [0.25, 0.3) is 10.1 Å². The number of benzene rings is 1. The zero-order valence-corrected chi connectivity index (χ0v) is 12.5. The highest BCUT2D eigenvalue weighted by atomic mass is 32.1. The number of thiophene rings is 1. The molecule has 2 atom stereocenters. The van der Waals surface area contributed by atoms with Gasteiger partial charge in [0.15, 0.2) is 0 Å². The summed E-state index contributed by atoms with van der Waals surface area (Å²) in [4.78, 5) is 12.8. The van der Waals surface area contributed by atoms with E-state index < -0.39 is 0 Å². The Morgan fingerprint density at radius 3 is 2.95 bits per heavy atom. The average Bonchev–Trinajstić information content (AvgIpc) is 2.89. The van der Waals surface area contributed by atoms with Crippen molar-refractivity contribution in [1.82, 2.24) is 5.32 Å². The number of hydrogen-bond donors (Lipinski definition) is 2. The van der Waals surface area contributed by atoms with Gasteiger partial charge in [-0.05, 0) is 42.5 Å². The first-order chi connectivity index (χ1) is 10.1. The SMILES string of the molecule is O=C(NCC1CCCCC1O)c1cc2cc(F)ccc2s1. The van der Waals surface area contributed by atoms with Crippen LogP contribution in [0.4, 0.5) is 4.39 Å². The van der Waals surface area contributed by atoms with Crippen molar-refractivity contribution in [2.24, 2.45) is 5.92 Å². The van der Waals surface area contributed by atoms with Crippen molar-refractivity contribution < 1.29 is 14.3 Å². The van der Waals surface area contributed by atoms with E-state index in [-0.39, 0.29) is 23.7 Å². The van der Waals surface area contributed by atoms with Gasteiger partial charge in [-0.25, -0.2) is 4.39 Å². The first kappa shape index (κ1) is 14.5. The monoisotopic (exact) mass is 307 g/mol. The van der Waals surface area contributed by atoms with Crippen molar-refractivity contribution in [2.75, 3.05) is 6.54 Å². The summed E-state index contributed by atoms with van der Waals surface area (Å²) in [6.07, 6.45) is 3.64. The van der Waals surface area contributed by atoms with Crippen LogP contribution in [-0.4, -0.2) is 23.7 Å². The molecule has 2 unspecified atom stereocenters. The third-order valence-electron chi connectivity index (χ3n) is 4.10. The third-order valence-corrected chi connectivity index (χ3v) is 5.21. The van der Waals surface area contributed by atoms with Gasteiger partial charge < -0.3 is 10.4 Å². The largest absolute Gasteiger partial charge is 0.393 e. The Hall–Kier alpha value is -1.46. The molecular formula is C16H18FNO2S. The van der Waals surface area contributed by atoms with Gasteiger partial charge in [0, 0.05) is 17.2 Å². The lowest BCUT2D eigenvalue weighted by Gasteiger charge is -2.27. The minimum Gasteiger partial charge on any atom is -0.393 e. The molecule has 112 valence electrons. The van der Waals surface area contributed by atoms with Crippen LogP contribution in [0.5, 0.6) is 0 Å². The number of amides is 1. The molecule has 1 saturated carbocycles. The number of aliphatic hydroxyl groups excluding tert-OH is 1. The van der Waals surface area contributed by atoms with E-state index in [0.717, 1.165) is 35.8 Å². The molecule has 1 aromatic carbocycles. The zero-order chi connectivity index (χ0) is 14.8. The van der Waals surface area contributed by atoms with Gasteiger partial charge in [-0.2, -0.15) is 0 Å². The Kier molecular flexibility index (Phi) is 4.22. The second kappa shape index (κ2) is 6.12. The second-order valence-corrected chi connectivity index (χ2v) is 6.70. The Morgan fingerprint density at radius 2 is 2.14 bits per heavy atom. The number of rotatable bonds is 3. The molecule has 1 heterocycles. The van der Waals surface area contributed by atoms with Gasteiger partial charge in [0.25, 0.3) is 5.91 Å². The van der Waals surface area contributed by atoms with Crippen LogP contribution in [0, 0.1) is 11.7 Å². The number of fused-ring (bicyclic) bond motifs is 1. The van der Waals surface area contributed by atoms with Crippen LogP contribution in [0.15, 0.2) is 24.3 Å². The number of nitrogens with one attached hydrogen (secondary N) is 1. The molecule has 2 aromatic rings. The maximum atomic E-state index is 13.2. The molecule has 0 spiro atoms. The molecule has 5 heteroatoms. The molecule has 0 aliphatic heterocycles. The zero-order valence-electron chi connectivity index (χ0n) is 11.6. The molecule has 0 saturated heterocycles. The van der Waals surface area contributed by atoms with Crippen molar-refractivity contribution in [1.29, 1.82) is 0 Å². The van der Waals surface area contributed by atoms with Crippen molar-refractivity contribution in [3.8, 4) is 0 Å². The van der Waals surface area contributed by atoms with E-state index in [1.165, 1.54) is 23.5 Å². The lowest BCUT2D eigenvalue weighted by Crippen LogP contribution is -2.36. The van der Waals surface area contributed by atoms with Crippen molar-refractivity contribution >= 4 is 27.3 Å². The molecular weight excluding hydrogens is 289 g/mol. The minimum atomic E-state index is -0.310. The van der Waals surface area contributed by atoms with Crippen LogP contribution >= 0.6 is 11.3 Å². The number of carbonyl (C=O) groups is 1. The van der Waals surface area contributed by atoms with E-state index in [1.54, 1.807) is 12.1 Å². The van der Waals surface area contributed by atoms with E-state index in [4.69, 9.17) is 0 Å². The predicted octanol–water partition coefficient (Wildman–Crippen LogP) is 3.32. The molecule has 1 aliphatic carbocycles. The van der Waals surface area contributed by atoms with Crippen molar-refractivity contribution in [3.05, 3.63) is 35.0 Å².